The van der Waals surface area contributed by atoms with Crippen LogP contribution in [0.4, 0.5) is 0 Å². The number of ether oxygens (including phenoxy) is 7. The van der Waals surface area contributed by atoms with E-state index in [9.17, 15) is 4.79 Å². The van der Waals surface area contributed by atoms with Crippen molar-refractivity contribution in [3.8, 4) is 34.5 Å². The van der Waals surface area contributed by atoms with Crippen LogP contribution in [0.3, 0.4) is 0 Å². The zero-order valence-corrected chi connectivity index (χ0v) is 18.2. The number of hydrogen-bond acceptors (Lipinski definition) is 8. The topological polar surface area (TPSA) is 81.7 Å². The normalized spacial score (nSPS) is 20.2. The van der Waals surface area contributed by atoms with E-state index in [2.05, 4.69) is 0 Å². The van der Waals surface area contributed by atoms with Crippen molar-refractivity contribution < 1.29 is 38.0 Å². The third-order valence-corrected chi connectivity index (χ3v) is 5.95. The van der Waals surface area contributed by atoms with Gasteiger partial charge in [0.1, 0.15) is 0 Å². The predicted molar refractivity (Wildman–Crippen MR) is 111 cm³/mol. The average molecular weight is 430 g/mol. The first kappa shape index (κ1) is 21.0. The molecule has 2 aliphatic heterocycles. The number of cyclic esters (lactones) is 1. The van der Waals surface area contributed by atoms with Crippen LogP contribution in [0.5, 0.6) is 34.5 Å². The molecular weight excluding hydrogens is 404 g/mol. The molecule has 166 valence electrons. The maximum absolute atomic E-state index is 12.2. The third kappa shape index (κ3) is 3.56. The van der Waals surface area contributed by atoms with Gasteiger partial charge in [-0.15, -0.1) is 0 Å². The number of esters is 1. The predicted octanol–water partition coefficient (Wildman–Crippen LogP) is 3.39. The van der Waals surface area contributed by atoms with Crippen molar-refractivity contribution in [3.63, 3.8) is 0 Å². The number of rotatable bonds is 7. The van der Waals surface area contributed by atoms with Gasteiger partial charge in [-0.05, 0) is 35.4 Å². The average Bonchev–Trinajstić information content (AvgIpc) is 3.40. The van der Waals surface area contributed by atoms with E-state index in [-0.39, 0.29) is 30.5 Å². The molecular formula is C23H26O8. The van der Waals surface area contributed by atoms with Gasteiger partial charge in [-0.1, -0.05) is 6.92 Å². The second kappa shape index (κ2) is 8.45. The highest BCUT2D eigenvalue weighted by atomic mass is 16.7. The molecule has 2 aromatic carbocycles. The van der Waals surface area contributed by atoms with E-state index >= 15 is 0 Å². The minimum absolute atomic E-state index is 0.111. The molecule has 4 rings (SSSR count). The van der Waals surface area contributed by atoms with Gasteiger partial charge in [0, 0.05) is 11.8 Å². The van der Waals surface area contributed by atoms with Crippen molar-refractivity contribution >= 4 is 5.97 Å². The molecule has 1 saturated heterocycles. The Morgan fingerprint density at radius 2 is 1.45 bits per heavy atom. The molecule has 2 heterocycles. The fourth-order valence-corrected chi connectivity index (χ4v) is 4.31. The SMILES string of the molecule is COc1cc([C@@H](c2cc(OC)c3c(c2)OCO3)[C@@H]2COC(=O)[C@H]2C)cc(OC)c1OC. The van der Waals surface area contributed by atoms with Crippen LogP contribution in [-0.4, -0.2) is 47.8 Å². The van der Waals surface area contributed by atoms with Crippen LogP contribution in [0.25, 0.3) is 0 Å². The van der Waals surface area contributed by atoms with Gasteiger partial charge in [-0.3, -0.25) is 4.79 Å². The lowest BCUT2D eigenvalue weighted by molar-refractivity contribution is -0.140. The number of benzene rings is 2. The van der Waals surface area contributed by atoms with E-state index in [1.54, 1.807) is 28.4 Å². The Hall–Kier alpha value is -3.29. The molecule has 0 amide bonds. The van der Waals surface area contributed by atoms with Crippen molar-refractivity contribution in [2.75, 3.05) is 41.8 Å². The van der Waals surface area contributed by atoms with E-state index < -0.39 is 0 Å². The van der Waals surface area contributed by atoms with Gasteiger partial charge in [0.2, 0.25) is 18.3 Å². The number of methoxy groups -OCH3 is 4. The Bertz CT molecular complexity index is 961. The monoisotopic (exact) mass is 430 g/mol. The zero-order chi connectivity index (χ0) is 22.1. The molecule has 8 nitrogen and oxygen atoms in total. The molecule has 0 aromatic heterocycles. The molecule has 0 spiro atoms. The highest BCUT2D eigenvalue weighted by molar-refractivity contribution is 5.75. The molecule has 31 heavy (non-hydrogen) atoms. The summed E-state index contributed by atoms with van der Waals surface area (Å²) in [5.41, 5.74) is 1.80. The molecule has 0 N–H and O–H groups in total. The van der Waals surface area contributed by atoms with E-state index in [1.807, 2.05) is 31.2 Å². The maximum atomic E-state index is 12.2. The lowest BCUT2D eigenvalue weighted by atomic mass is 9.76. The second-order valence-electron chi connectivity index (χ2n) is 7.48. The van der Waals surface area contributed by atoms with Gasteiger partial charge in [0.05, 0.1) is 41.0 Å². The zero-order valence-electron chi connectivity index (χ0n) is 18.2. The van der Waals surface area contributed by atoms with Gasteiger partial charge in [0.25, 0.3) is 0 Å². The van der Waals surface area contributed by atoms with E-state index in [0.29, 0.717) is 41.1 Å². The standard InChI is InChI=1S/C23H26O8/c1-12-15(10-29-23(12)24)20(13-6-16(25-2)21(28-5)17(7-13)26-3)14-8-18(27-4)22-19(9-14)30-11-31-22/h6-9,12,15,20H,10-11H2,1-5H3/t12-,15+,20-/m0/s1. The summed E-state index contributed by atoms with van der Waals surface area (Å²) in [5.74, 6) is 2.48. The van der Waals surface area contributed by atoms with E-state index in [1.165, 1.54) is 0 Å². The molecule has 0 unspecified atom stereocenters. The van der Waals surface area contributed by atoms with Crippen LogP contribution in [0.15, 0.2) is 24.3 Å². The lowest BCUT2D eigenvalue weighted by Gasteiger charge is -2.27. The summed E-state index contributed by atoms with van der Waals surface area (Å²) in [6.45, 7) is 2.32. The Morgan fingerprint density at radius 1 is 0.839 bits per heavy atom. The van der Waals surface area contributed by atoms with E-state index in [0.717, 1.165) is 11.1 Å². The van der Waals surface area contributed by atoms with Gasteiger partial charge in [-0.2, -0.15) is 0 Å². The van der Waals surface area contributed by atoms with Gasteiger partial charge in [0.15, 0.2) is 23.0 Å². The number of carbonyl (C=O) groups excluding carboxylic acids is 1. The van der Waals surface area contributed by atoms with Crippen molar-refractivity contribution in [2.45, 2.75) is 12.8 Å². The Kier molecular flexibility index (Phi) is 5.71. The van der Waals surface area contributed by atoms with Crippen molar-refractivity contribution in [3.05, 3.63) is 35.4 Å². The molecule has 2 aromatic rings. The number of hydrogen-bond donors (Lipinski definition) is 0. The molecule has 3 atom stereocenters. The maximum Gasteiger partial charge on any atom is 0.309 e. The first-order valence-electron chi connectivity index (χ1n) is 9.96. The molecule has 2 aliphatic rings. The summed E-state index contributed by atoms with van der Waals surface area (Å²) in [6, 6.07) is 7.64. The highest BCUT2D eigenvalue weighted by Crippen LogP contribution is 2.50. The molecule has 8 heteroatoms. The largest absolute Gasteiger partial charge is 0.493 e. The Labute approximate surface area is 180 Å². The quantitative estimate of drug-likeness (QED) is 0.619. The van der Waals surface area contributed by atoms with Crippen LogP contribution >= 0.6 is 0 Å². The third-order valence-electron chi connectivity index (χ3n) is 5.95. The molecule has 0 aliphatic carbocycles. The summed E-state index contributed by atoms with van der Waals surface area (Å²) < 4.78 is 38.7. The van der Waals surface area contributed by atoms with Crippen LogP contribution in [0.1, 0.15) is 24.0 Å². The first-order chi connectivity index (χ1) is 15.0. The Balaban J connectivity index is 1.91. The molecule has 0 bridgehead atoms. The second-order valence-corrected chi connectivity index (χ2v) is 7.48. The smallest absolute Gasteiger partial charge is 0.309 e. The highest BCUT2D eigenvalue weighted by Gasteiger charge is 2.41. The Morgan fingerprint density at radius 3 is 2.00 bits per heavy atom. The summed E-state index contributed by atoms with van der Waals surface area (Å²) in [7, 11) is 6.29. The number of carbonyl (C=O) groups is 1. The summed E-state index contributed by atoms with van der Waals surface area (Å²) in [6.07, 6.45) is 0. The van der Waals surface area contributed by atoms with Gasteiger partial charge in [-0.25, -0.2) is 0 Å². The van der Waals surface area contributed by atoms with Crippen molar-refractivity contribution in [1.29, 1.82) is 0 Å². The molecule has 0 saturated carbocycles. The molecule has 0 radical (unpaired) electrons. The minimum Gasteiger partial charge on any atom is -0.493 e. The van der Waals surface area contributed by atoms with Gasteiger partial charge < -0.3 is 33.2 Å². The summed E-state index contributed by atoms with van der Waals surface area (Å²) in [5, 5.41) is 0. The summed E-state index contributed by atoms with van der Waals surface area (Å²) in [4.78, 5) is 12.2. The van der Waals surface area contributed by atoms with Crippen LogP contribution in [-0.2, 0) is 9.53 Å². The fourth-order valence-electron chi connectivity index (χ4n) is 4.31. The van der Waals surface area contributed by atoms with Crippen LogP contribution in [0, 0.1) is 11.8 Å². The fraction of sp³-hybridized carbons (Fsp3) is 0.435. The van der Waals surface area contributed by atoms with Crippen molar-refractivity contribution in [1.82, 2.24) is 0 Å². The minimum atomic E-state index is -0.291. The van der Waals surface area contributed by atoms with E-state index in [4.69, 9.17) is 33.2 Å². The van der Waals surface area contributed by atoms with Crippen LogP contribution in [0.2, 0.25) is 0 Å². The number of fused-ring (bicyclic) bond motifs is 1. The molecule has 1 fully saturated rings. The van der Waals surface area contributed by atoms with Crippen LogP contribution < -0.4 is 28.4 Å². The first-order valence-corrected chi connectivity index (χ1v) is 9.96. The lowest BCUT2D eigenvalue weighted by Crippen LogP contribution is -2.22. The van der Waals surface area contributed by atoms with Gasteiger partial charge >= 0.3 is 5.97 Å². The van der Waals surface area contributed by atoms with Crippen molar-refractivity contribution in [2.24, 2.45) is 11.8 Å². The summed E-state index contributed by atoms with van der Waals surface area (Å²) >= 11 is 0.